The molecule has 1 unspecified atom stereocenters. The van der Waals surface area contributed by atoms with Crippen molar-refractivity contribution in [2.24, 2.45) is 5.92 Å². The number of carbonyl (C=O) groups is 3. The van der Waals surface area contributed by atoms with E-state index in [9.17, 15) is 14.4 Å². The number of hydrogen-bond acceptors (Lipinski definition) is 5. The molecule has 2 aliphatic heterocycles. The molecule has 0 spiro atoms. The summed E-state index contributed by atoms with van der Waals surface area (Å²) >= 11 is 1.54. The number of nitrogens with zero attached hydrogens (tertiary/aromatic N) is 3. The summed E-state index contributed by atoms with van der Waals surface area (Å²) in [6.07, 6.45) is 1.56. The number of likely N-dealkylation sites (tertiary alicyclic amines) is 1. The third-order valence-electron chi connectivity index (χ3n) is 4.26. The van der Waals surface area contributed by atoms with Gasteiger partial charge in [-0.1, -0.05) is 0 Å². The van der Waals surface area contributed by atoms with Crippen molar-refractivity contribution in [1.82, 2.24) is 14.7 Å². The molecule has 0 aromatic carbocycles. The Labute approximate surface area is 154 Å². The van der Waals surface area contributed by atoms with Gasteiger partial charge in [0, 0.05) is 26.7 Å². The fourth-order valence-corrected chi connectivity index (χ4v) is 3.95. The minimum Gasteiger partial charge on any atom is -0.444 e. The van der Waals surface area contributed by atoms with Crippen LogP contribution in [0.25, 0.3) is 0 Å². The number of piperidine rings is 1. The van der Waals surface area contributed by atoms with Gasteiger partial charge in [-0.3, -0.25) is 9.59 Å². The largest absolute Gasteiger partial charge is 0.444 e. The molecule has 2 aliphatic rings. The summed E-state index contributed by atoms with van der Waals surface area (Å²) in [4.78, 5) is 41.3. The molecule has 1 atom stereocenters. The highest BCUT2D eigenvalue weighted by Gasteiger charge is 2.30. The molecule has 2 rings (SSSR count). The predicted molar refractivity (Wildman–Crippen MR) is 97.2 cm³/mol. The third-order valence-corrected chi connectivity index (χ3v) is 5.21. The van der Waals surface area contributed by atoms with Crippen LogP contribution in [0.5, 0.6) is 0 Å². The zero-order chi connectivity index (χ0) is 18.6. The Morgan fingerprint density at radius 3 is 2.68 bits per heavy atom. The SMILES string of the molecule is CN(CC1CCCN(C(=O)CN2CSCC2=O)C1)C(=O)OC(C)(C)C. The van der Waals surface area contributed by atoms with Gasteiger partial charge in [0.25, 0.3) is 0 Å². The van der Waals surface area contributed by atoms with Crippen LogP contribution in [-0.2, 0) is 14.3 Å². The monoisotopic (exact) mass is 371 g/mol. The highest BCUT2D eigenvalue weighted by molar-refractivity contribution is 8.00. The van der Waals surface area contributed by atoms with Gasteiger partial charge >= 0.3 is 6.09 Å². The van der Waals surface area contributed by atoms with Crippen molar-refractivity contribution in [3.8, 4) is 0 Å². The van der Waals surface area contributed by atoms with Gasteiger partial charge in [0.05, 0.1) is 11.6 Å². The number of amides is 3. The highest BCUT2D eigenvalue weighted by Crippen LogP contribution is 2.20. The second kappa shape index (κ2) is 8.29. The van der Waals surface area contributed by atoms with Gasteiger partial charge in [0.15, 0.2) is 0 Å². The molecule has 0 aromatic heterocycles. The topological polar surface area (TPSA) is 70.2 Å². The first-order chi connectivity index (χ1) is 11.7. The Morgan fingerprint density at radius 2 is 2.08 bits per heavy atom. The summed E-state index contributed by atoms with van der Waals surface area (Å²) in [5, 5.41) is 0. The highest BCUT2D eigenvalue weighted by atomic mass is 32.2. The summed E-state index contributed by atoms with van der Waals surface area (Å²) in [6.45, 7) is 7.62. The van der Waals surface area contributed by atoms with Gasteiger partial charge in [-0.25, -0.2) is 4.79 Å². The normalized spacial score (nSPS) is 21.4. The predicted octanol–water partition coefficient (Wildman–Crippen LogP) is 1.62. The maximum Gasteiger partial charge on any atom is 0.410 e. The molecule has 3 amide bonds. The summed E-state index contributed by atoms with van der Waals surface area (Å²) in [5.74, 6) is 1.34. The zero-order valence-corrected chi connectivity index (χ0v) is 16.4. The fraction of sp³-hybridized carbons (Fsp3) is 0.824. The lowest BCUT2D eigenvalue weighted by Crippen LogP contribution is -2.48. The lowest BCUT2D eigenvalue weighted by atomic mass is 9.97. The van der Waals surface area contributed by atoms with Crippen LogP contribution in [0.3, 0.4) is 0 Å². The average Bonchev–Trinajstić information content (AvgIpc) is 2.91. The van der Waals surface area contributed by atoms with Gasteiger partial charge in [-0.05, 0) is 39.5 Å². The van der Waals surface area contributed by atoms with E-state index in [1.54, 1.807) is 28.6 Å². The van der Waals surface area contributed by atoms with Crippen LogP contribution in [0.2, 0.25) is 0 Å². The summed E-state index contributed by atoms with van der Waals surface area (Å²) in [7, 11) is 1.73. The van der Waals surface area contributed by atoms with E-state index in [-0.39, 0.29) is 30.4 Å². The van der Waals surface area contributed by atoms with Gasteiger partial charge in [0.1, 0.15) is 12.1 Å². The van der Waals surface area contributed by atoms with E-state index in [0.717, 1.165) is 19.4 Å². The maximum absolute atomic E-state index is 12.5. The standard InChI is InChI=1S/C17H29N3O4S/c1-17(2,3)24-16(23)18(4)8-13-6-5-7-19(9-13)14(21)10-20-12-25-11-15(20)22/h13H,5-12H2,1-4H3. The molecule has 8 heteroatoms. The molecule has 0 bridgehead atoms. The molecule has 7 nitrogen and oxygen atoms in total. The molecule has 0 saturated carbocycles. The van der Waals surface area contributed by atoms with Crippen LogP contribution in [0, 0.1) is 5.92 Å². The van der Waals surface area contributed by atoms with Gasteiger partial charge in [0.2, 0.25) is 11.8 Å². The van der Waals surface area contributed by atoms with E-state index >= 15 is 0 Å². The average molecular weight is 372 g/mol. The molecule has 0 aromatic rings. The van der Waals surface area contributed by atoms with Crippen LogP contribution in [0.4, 0.5) is 4.79 Å². The second-order valence-corrected chi connectivity index (χ2v) is 8.73. The molecule has 0 radical (unpaired) electrons. The quantitative estimate of drug-likeness (QED) is 0.751. The van der Waals surface area contributed by atoms with Crippen LogP contribution in [-0.4, -0.2) is 83.1 Å². The molecule has 25 heavy (non-hydrogen) atoms. The molecular formula is C17H29N3O4S. The van der Waals surface area contributed by atoms with Crippen molar-refractivity contribution in [2.45, 2.75) is 39.2 Å². The minimum absolute atomic E-state index is 0.000436. The van der Waals surface area contributed by atoms with Crippen LogP contribution in [0.15, 0.2) is 0 Å². The lowest BCUT2D eigenvalue weighted by Gasteiger charge is -2.35. The van der Waals surface area contributed by atoms with E-state index < -0.39 is 5.60 Å². The Kier molecular flexibility index (Phi) is 6.59. The third kappa shape index (κ3) is 6.09. The molecule has 2 saturated heterocycles. The lowest BCUT2D eigenvalue weighted by molar-refractivity contribution is -0.139. The number of ether oxygens (including phenoxy) is 1. The number of hydrogen-bond donors (Lipinski definition) is 0. The van der Waals surface area contributed by atoms with Gasteiger partial charge < -0.3 is 19.4 Å². The first kappa shape index (κ1) is 19.9. The maximum atomic E-state index is 12.5. The van der Waals surface area contributed by atoms with Gasteiger partial charge in [-0.15, -0.1) is 11.8 Å². The van der Waals surface area contributed by atoms with Crippen LogP contribution >= 0.6 is 11.8 Å². The molecular weight excluding hydrogens is 342 g/mol. The Balaban J connectivity index is 1.82. The summed E-state index contributed by atoms with van der Waals surface area (Å²) in [6, 6.07) is 0. The van der Waals surface area contributed by atoms with Crippen LogP contribution < -0.4 is 0 Å². The summed E-state index contributed by atoms with van der Waals surface area (Å²) < 4.78 is 5.38. The van der Waals surface area contributed by atoms with E-state index in [4.69, 9.17) is 4.74 Å². The number of carbonyl (C=O) groups excluding carboxylic acids is 3. The van der Waals surface area contributed by atoms with Crippen molar-refractivity contribution in [2.75, 3.05) is 44.9 Å². The zero-order valence-electron chi connectivity index (χ0n) is 15.6. The fourth-order valence-electron chi connectivity index (χ4n) is 3.05. The van der Waals surface area contributed by atoms with E-state index in [2.05, 4.69) is 0 Å². The molecule has 0 N–H and O–H groups in total. The molecule has 2 fully saturated rings. The van der Waals surface area contributed by atoms with Crippen molar-refractivity contribution in [1.29, 1.82) is 0 Å². The van der Waals surface area contributed by atoms with Crippen molar-refractivity contribution in [3.63, 3.8) is 0 Å². The van der Waals surface area contributed by atoms with Gasteiger partial charge in [-0.2, -0.15) is 0 Å². The van der Waals surface area contributed by atoms with E-state index in [1.807, 2.05) is 25.7 Å². The van der Waals surface area contributed by atoms with Crippen molar-refractivity contribution < 1.29 is 19.1 Å². The van der Waals surface area contributed by atoms with Crippen molar-refractivity contribution >= 4 is 29.7 Å². The Hall–Kier alpha value is -1.44. The van der Waals surface area contributed by atoms with Crippen molar-refractivity contribution in [3.05, 3.63) is 0 Å². The molecule has 142 valence electrons. The number of thioether (sulfide) groups is 1. The minimum atomic E-state index is -0.514. The summed E-state index contributed by atoms with van der Waals surface area (Å²) in [5.41, 5.74) is -0.514. The number of rotatable bonds is 4. The Morgan fingerprint density at radius 1 is 1.36 bits per heavy atom. The molecule has 2 heterocycles. The Bertz CT molecular complexity index is 521. The first-order valence-corrected chi connectivity index (χ1v) is 9.88. The smallest absolute Gasteiger partial charge is 0.410 e. The van der Waals surface area contributed by atoms with E-state index in [1.165, 1.54) is 0 Å². The molecule has 0 aliphatic carbocycles. The van der Waals surface area contributed by atoms with E-state index in [0.29, 0.717) is 24.7 Å². The second-order valence-electron chi connectivity index (χ2n) is 7.78. The first-order valence-electron chi connectivity index (χ1n) is 8.73. The van der Waals surface area contributed by atoms with Crippen LogP contribution in [0.1, 0.15) is 33.6 Å².